The molecule has 0 N–H and O–H groups in total. The van der Waals surface area contributed by atoms with E-state index in [4.69, 9.17) is 18.9 Å². The van der Waals surface area contributed by atoms with Gasteiger partial charge in [0.1, 0.15) is 24.7 Å². The van der Waals surface area contributed by atoms with E-state index < -0.39 is 0 Å². The number of carbonyl (C=O) groups is 2. The van der Waals surface area contributed by atoms with Crippen LogP contribution in [-0.4, -0.2) is 38.4 Å². The summed E-state index contributed by atoms with van der Waals surface area (Å²) in [5.74, 6) is 0.629. The number of carbonyl (C=O) groups excluding carboxylic acids is 2. The predicted molar refractivity (Wildman–Crippen MR) is 105 cm³/mol. The van der Waals surface area contributed by atoms with Crippen LogP contribution in [0, 0.1) is 0 Å². The normalized spacial score (nSPS) is 10.5. The third-order valence-corrected chi connectivity index (χ3v) is 3.59. The van der Waals surface area contributed by atoms with E-state index in [1.807, 2.05) is 12.2 Å². The molecule has 0 saturated carbocycles. The second kappa shape index (κ2) is 11.4. The topological polar surface area (TPSA) is 71.1 Å². The quantitative estimate of drug-likeness (QED) is 0.455. The molecule has 28 heavy (non-hydrogen) atoms. The molecular formula is C22H24O6. The molecule has 0 spiro atoms. The first-order valence-electron chi connectivity index (χ1n) is 9.09. The maximum atomic E-state index is 11.6. The number of hydrogen-bond acceptors (Lipinski definition) is 6. The van der Waals surface area contributed by atoms with Gasteiger partial charge >= 0.3 is 11.9 Å². The average Bonchev–Trinajstić information content (AvgIpc) is 2.72. The molecular weight excluding hydrogens is 360 g/mol. The first-order chi connectivity index (χ1) is 13.6. The minimum atomic E-state index is -0.346. The number of rotatable bonds is 10. The van der Waals surface area contributed by atoms with Gasteiger partial charge in [0, 0.05) is 0 Å². The largest absolute Gasteiger partial charge is 0.490 e. The fraction of sp³-hybridized carbons (Fsp3) is 0.273. The van der Waals surface area contributed by atoms with Crippen molar-refractivity contribution in [2.24, 2.45) is 0 Å². The number of ether oxygens (including phenoxy) is 4. The lowest BCUT2D eigenvalue weighted by Crippen LogP contribution is -2.04. The molecule has 6 heteroatoms. The predicted octanol–water partition coefficient (Wildman–Crippen LogP) is 4.05. The molecule has 2 aromatic rings. The lowest BCUT2D eigenvalue weighted by Gasteiger charge is -2.06. The summed E-state index contributed by atoms with van der Waals surface area (Å²) in [5.41, 5.74) is 0.985. The molecule has 0 aromatic heterocycles. The van der Waals surface area contributed by atoms with Gasteiger partial charge < -0.3 is 18.9 Å². The molecule has 0 aliphatic carbocycles. The fourth-order valence-corrected chi connectivity index (χ4v) is 2.23. The zero-order chi connectivity index (χ0) is 20.2. The van der Waals surface area contributed by atoms with Gasteiger partial charge in [-0.25, -0.2) is 9.59 Å². The van der Waals surface area contributed by atoms with Gasteiger partial charge in [0.25, 0.3) is 0 Å². The molecule has 0 aliphatic heterocycles. The Balaban J connectivity index is 1.70. The van der Waals surface area contributed by atoms with Gasteiger partial charge in [0.15, 0.2) is 0 Å². The van der Waals surface area contributed by atoms with Crippen LogP contribution >= 0.6 is 0 Å². The molecule has 6 nitrogen and oxygen atoms in total. The van der Waals surface area contributed by atoms with Crippen LogP contribution < -0.4 is 9.47 Å². The summed E-state index contributed by atoms with van der Waals surface area (Å²) in [7, 11) is 0. The number of esters is 2. The second-order valence-electron chi connectivity index (χ2n) is 5.58. The third-order valence-electron chi connectivity index (χ3n) is 3.59. The van der Waals surface area contributed by atoms with Crippen molar-refractivity contribution in [3.8, 4) is 11.5 Å². The second-order valence-corrected chi connectivity index (χ2v) is 5.58. The summed E-state index contributed by atoms with van der Waals surface area (Å²) in [4.78, 5) is 23.2. The average molecular weight is 384 g/mol. The van der Waals surface area contributed by atoms with Crippen molar-refractivity contribution in [3.63, 3.8) is 0 Å². The SMILES string of the molecule is CCOC(=O)c1ccc(OC/C=C/COc2ccc(C(=O)OCC)cc2)cc1. The van der Waals surface area contributed by atoms with Gasteiger partial charge in [0.05, 0.1) is 24.3 Å². The third kappa shape index (κ3) is 6.79. The molecule has 0 atom stereocenters. The van der Waals surface area contributed by atoms with E-state index in [0.29, 0.717) is 49.1 Å². The van der Waals surface area contributed by atoms with Crippen LogP contribution in [0.4, 0.5) is 0 Å². The first-order valence-corrected chi connectivity index (χ1v) is 9.09. The van der Waals surface area contributed by atoms with Crippen molar-refractivity contribution in [1.29, 1.82) is 0 Å². The molecule has 0 unspecified atom stereocenters. The van der Waals surface area contributed by atoms with E-state index in [0.717, 1.165) is 0 Å². The van der Waals surface area contributed by atoms with Crippen molar-refractivity contribution in [2.45, 2.75) is 13.8 Å². The zero-order valence-corrected chi connectivity index (χ0v) is 16.1. The van der Waals surface area contributed by atoms with E-state index >= 15 is 0 Å². The summed E-state index contributed by atoms with van der Waals surface area (Å²) in [6.45, 7) is 4.99. The Morgan fingerprint density at radius 3 is 1.36 bits per heavy atom. The van der Waals surface area contributed by atoms with E-state index in [9.17, 15) is 9.59 Å². The van der Waals surface area contributed by atoms with Crippen LogP contribution in [0.2, 0.25) is 0 Å². The number of benzene rings is 2. The van der Waals surface area contributed by atoms with E-state index in [1.54, 1.807) is 62.4 Å². The highest BCUT2D eigenvalue weighted by molar-refractivity contribution is 5.89. The monoisotopic (exact) mass is 384 g/mol. The Bertz CT molecular complexity index is 710. The standard InChI is InChI=1S/C22H24O6/c1-3-25-21(23)17-7-11-19(12-8-17)27-15-5-6-16-28-20-13-9-18(10-14-20)22(24)26-4-2/h5-14H,3-4,15-16H2,1-2H3/b6-5+. The molecule has 0 aliphatic rings. The van der Waals surface area contributed by atoms with Crippen LogP contribution in [-0.2, 0) is 9.47 Å². The minimum Gasteiger partial charge on any atom is -0.490 e. The van der Waals surface area contributed by atoms with E-state index in [2.05, 4.69) is 0 Å². The van der Waals surface area contributed by atoms with Crippen LogP contribution in [0.1, 0.15) is 34.6 Å². The van der Waals surface area contributed by atoms with Gasteiger partial charge in [-0.1, -0.05) is 0 Å². The van der Waals surface area contributed by atoms with Gasteiger partial charge in [-0.05, 0) is 74.5 Å². The van der Waals surface area contributed by atoms with Crippen LogP contribution in [0.5, 0.6) is 11.5 Å². The molecule has 0 amide bonds. The molecule has 0 radical (unpaired) electrons. The van der Waals surface area contributed by atoms with Crippen LogP contribution in [0.3, 0.4) is 0 Å². The molecule has 0 bridgehead atoms. The van der Waals surface area contributed by atoms with Gasteiger partial charge in [0.2, 0.25) is 0 Å². The Morgan fingerprint density at radius 2 is 1.04 bits per heavy atom. The van der Waals surface area contributed by atoms with Crippen LogP contribution in [0.15, 0.2) is 60.7 Å². The molecule has 2 aromatic carbocycles. The van der Waals surface area contributed by atoms with Gasteiger partial charge in [-0.3, -0.25) is 0 Å². The highest BCUT2D eigenvalue weighted by Crippen LogP contribution is 2.14. The summed E-state index contributed by atoms with van der Waals surface area (Å²) in [6.07, 6.45) is 3.68. The summed E-state index contributed by atoms with van der Waals surface area (Å²) in [5, 5.41) is 0. The molecule has 0 fully saturated rings. The zero-order valence-electron chi connectivity index (χ0n) is 16.1. The summed E-state index contributed by atoms with van der Waals surface area (Å²) >= 11 is 0. The maximum absolute atomic E-state index is 11.6. The van der Waals surface area contributed by atoms with E-state index in [1.165, 1.54) is 0 Å². The van der Waals surface area contributed by atoms with Gasteiger partial charge in [-0.15, -0.1) is 0 Å². The molecule has 148 valence electrons. The highest BCUT2D eigenvalue weighted by atomic mass is 16.5. The lowest BCUT2D eigenvalue weighted by molar-refractivity contribution is 0.0516. The molecule has 2 rings (SSSR count). The Labute approximate surface area is 164 Å². The maximum Gasteiger partial charge on any atom is 0.338 e. The fourth-order valence-electron chi connectivity index (χ4n) is 2.23. The Morgan fingerprint density at radius 1 is 0.679 bits per heavy atom. The highest BCUT2D eigenvalue weighted by Gasteiger charge is 2.06. The smallest absolute Gasteiger partial charge is 0.338 e. The first kappa shape index (κ1) is 21.0. The Hall–Kier alpha value is -3.28. The number of hydrogen-bond donors (Lipinski definition) is 0. The van der Waals surface area contributed by atoms with E-state index in [-0.39, 0.29) is 11.9 Å². The van der Waals surface area contributed by atoms with Crippen molar-refractivity contribution in [2.75, 3.05) is 26.4 Å². The van der Waals surface area contributed by atoms with Crippen molar-refractivity contribution in [3.05, 3.63) is 71.8 Å². The van der Waals surface area contributed by atoms with Crippen molar-refractivity contribution in [1.82, 2.24) is 0 Å². The lowest BCUT2D eigenvalue weighted by atomic mass is 10.2. The summed E-state index contributed by atoms with van der Waals surface area (Å²) < 4.78 is 21.0. The minimum absolute atomic E-state index is 0.346. The Kier molecular flexibility index (Phi) is 8.59. The van der Waals surface area contributed by atoms with Gasteiger partial charge in [-0.2, -0.15) is 0 Å². The van der Waals surface area contributed by atoms with Crippen molar-refractivity contribution < 1.29 is 28.5 Å². The molecule has 0 saturated heterocycles. The van der Waals surface area contributed by atoms with Crippen LogP contribution in [0.25, 0.3) is 0 Å². The summed E-state index contributed by atoms with van der Waals surface area (Å²) in [6, 6.07) is 13.6. The molecule has 0 heterocycles. The van der Waals surface area contributed by atoms with Crippen molar-refractivity contribution >= 4 is 11.9 Å².